The highest BCUT2D eigenvalue weighted by Crippen LogP contribution is 2.18. The van der Waals surface area contributed by atoms with Crippen LogP contribution in [-0.4, -0.2) is 29.9 Å². The zero-order valence-corrected chi connectivity index (χ0v) is 14.7. The lowest BCUT2D eigenvalue weighted by Crippen LogP contribution is -2.42. The van der Waals surface area contributed by atoms with Gasteiger partial charge in [-0.3, -0.25) is 4.79 Å². The lowest BCUT2D eigenvalue weighted by molar-refractivity contribution is -0.132. The molecule has 0 unspecified atom stereocenters. The molecule has 2 aromatic carbocycles. The first-order chi connectivity index (χ1) is 12.1. The van der Waals surface area contributed by atoms with Crippen molar-refractivity contribution < 1.29 is 9.18 Å². The van der Waals surface area contributed by atoms with E-state index in [4.69, 9.17) is 0 Å². The van der Waals surface area contributed by atoms with Crippen LogP contribution >= 0.6 is 0 Å². The Morgan fingerprint density at radius 1 is 1.16 bits per heavy atom. The molecule has 3 rings (SSSR count). The molecule has 1 amide bonds. The summed E-state index contributed by atoms with van der Waals surface area (Å²) in [5, 5.41) is 3.37. The molecule has 0 radical (unpaired) electrons. The summed E-state index contributed by atoms with van der Waals surface area (Å²) in [5.41, 5.74) is 3.26. The first kappa shape index (κ1) is 17.5. The number of piperidine rings is 1. The van der Waals surface area contributed by atoms with Gasteiger partial charge < -0.3 is 10.2 Å². The fourth-order valence-corrected chi connectivity index (χ4v) is 3.25. The third-order valence-electron chi connectivity index (χ3n) is 4.79. The first-order valence-electron chi connectivity index (χ1n) is 8.95. The summed E-state index contributed by atoms with van der Waals surface area (Å²) in [6.07, 6.45) is 3.14. The minimum absolute atomic E-state index is 0.227. The molecule has 1 heterocycles. The average Bonchev–Trinajstić information content (AvgIpc) is 2.62. The molecule has 132 valence electrons. The van der Waals surface area contributed by atoms with Crippen LogP contribution < -0.4 is 5.32 Å². The van der Waals surface area contributed by atoms with Crippen molar-refractivity contribution in [1.29, 1.82) is 0 Å². The molecule has 1 aliphatic rings. The number of carbonyl (C=O) groups excluding carboxylic acids is 1. The molecule has 1 N–H and O–H groups in total. The van der Waals surface area contributed by atoms with Gasteiger partial charge in [0.05, 0.1) is 0 Å². The van der Waals surface area contributed by atoms with E-state index >= 15 is 0 Å². The van der Waals surface area contributed by atoms with Gasteiger partial charge in [0.2, 0.25) is 5.91 Å². The van der Waals surface area contributed by atoms with E-state index in [-0.39, 0.29) is 11.7 Å². The van der Waals surface area contributed by atoms with Crippen LogP contribution in [0.2, 0.25) is 0 Å². The fourth-order valence-electron chi connectivity index (χ4n) is 3.25. The van der Waals surface area contributed by atoms with Gasteiger partial charge in [0.15, 0.2) is 0 Å². The van der Waals surface area contributed by atoms with Gasteiger partial charge in [-0.2, -0.15) is 0 Å². The van der Waals surface area contributed by atoms with E-state index in [2.05, 4.69) is 36.5 Å². The van der Waals surface area contributed by atoms with Crippen molar-refractivity contribution in [3.05, 3.63) is 65.5 Å². The minimum Gasteiger partial charge on any atom is -0.382 e. The number of carbonyl (C=O) groups is 1. The highest BCUT2D eigenvalue weighted by atomic mass is 19.1. The SMILES string of the molecule is Cc1ccc(CCC(=O)N2CCC(Nc3cccc(F)c3)CC2)cc1. The van der Waals surface area contributed by atoms with Crippen LogP contribution in [0.15, 0.2) is 48.5 Å². The number of rotatable bonds is 5. The van der Waals surface area contributed by atoms with Crippen LogP contribution in [-0.2, 0) is 11.2 Å². The van der Waals surface area contributed by atoms with E-state index in [9.17, 15) is 9.18 Å². The number of amides is 1. The molecule has 2 aromatic rings. The zero-order chi connectivity index (χ0) is 17.6. The van der Waals surface area contributed by atoms with Crippen molar-refractivity contribution in [1.82, 2.24) is 4.90 Å². The number of hydrogen-bond acceptors (Lipinski definition) is 2. The molecule has 3 nitrogen and oxygen atoms in total. The maximum atomic E-state index is 13.2. The van der Waals surface area contributed by atoms with Crippen molar-refractivity contribution in [2.45, 2.75) is 38.6 Å². The molecule has 0 aliphatic carbocycles. The Morgan fingerprint density at radius 3 is 2.56 bits per heavy atom. The topological polar surface area (TPSA) is 32.3 Å². The first-order valence-corrected chi connectivity index (χ1v) is 8.95. The Morgan fingerprint density at radius 2 is 1.88 bits per heavy atom. The largest absolute Gasteiger partial charge is 0.382 e. The normalized spacial score (nSPS) is 15.2. The average molecular weight is 340 g/mol. The maximum absolute atomic E-state index is 13.2. The van der Waals surface area contributed by atoms with E-state index < -0.39 is 0 Å². The lowest BCUT2D eigenvalue weighted by Gasteiger charge is -2.33. The third kappa shape index (κ3) is 5.05. The van der Waals surface area contributed by atoms with Gasteiger partial charge in [-0.05, 0) is 49.9 Å². The maximum Gasteiger partial charge on any atom is 0.222 e. The monoisotopic (exact) mass is 340 g/mol. The van der Waals surface area contributed by atoms with Gasteiger partial charge in [-0.1, -0.05) is 35.9 Å². The van der Waals surface area contributed by atoms with E-state index in [1.165, 1.54) is 23.3 Å². The quantitative estimate of drug-likeness (QED) is 0.886. The number of anilines is 1. The molecule has 4 heteroatoms. The number of aryl methyl sites for hydroxylation is 2. The lowest BCUT2D eigenvalue weighted by atomic mass is 10.0. The number of nitrogens with one attached hydrogen (secondary N) is 1. The van der Waals surface area contributed by atoms with Gasteiger partial charge in [-0.15, -0.1) is 0 Å². The molecule has 0 aromatic heterocycles. The Hall–Kier alpha value is -2.36. The van der Waals surface area contributed by atoms with Crippen LogP contribution in [0.25, 0.3) is 0 Å². The molecule has 1 aliphatic heterocycles. The summed E-state index contributed by atoms with van der Waals surface area (Å²) in [6.45, 7) is 3.59. The highest BCUT2D eigenvalue weighted by Gasteiger charge is 2.22. The smallest absolute Gasteiger partial charge is 0.222 e. The van der Waals surface area contributed by atoms with E-state index in [0.29, 0.717) is 12.5 Å². The summed E-state index contributed by atoms with van der Waals surface area (Å²) < 4.78 is 13.2. The van der Waals surface area contributed by atoms with Gasteiger partial charge in [0.1, 0.15) is 5.82 Å². The van der Waals surface area contributed by atoms with E-state index in [1.54, 1.807) is 6.07 Å². The van der Waals surface area contributed by atoms with Gasteiger partial charge in [0, 0.05) is 31.2 Å². The summed E-state index contributed by atoms with van der Waals surface area (Å²) in [7, 11) is 0. The summed E-state index contributed by atoms with van der Waals surface area (Å²) in [6, 6.07) is 15.2. The Bertz CT molecular complexity index is 706. The second-order valence-corrected chi connectivity index (χ2v) is 6.80. The number of nitrogens with zero attached hydrogens (tertiary/aromatic N) is 1. The van der Waals surface area contributed by atoms with Crippen molar-refractivity contribution >= 4 is 11.6 Å². The van der Waals surface area contributed by atoms with Crippen LogP contribution in [0.4, 0.5) is 10.1 Å². The van der Waals surface area contributed by atoms with Gasteiger partial charge in [0.25, 0.3) is 0 Å². The Labute approximate surface area is 148 Å². The Balaban J connectivity index is 1.43. The molecule has 1 fully saturated rings. The van der Waals surface area contributed by atoms with E-state index in [0.717, 1.165) is 38.0 Å². The summed E-state index contributed by atoms with van der Waals surface area (Å²) in [5.74, 6) is -0.00139. The van der Waals surface area contributed by atoms with Crippen molar-refractivity contribution in [2.75, 3.05) is 18.4 Å². The van der Waals surface area contributed by atoms with Gasteiger partial charge in [-0.25, -0.2) is 4.39 Å². The molecule has 0 bridgehead atoms. The van der Waals surface area contributed by atoms with Crippen molar-refractivity contribution in [3.8, 4) is 0 Å². The molecule has 0 spiro atoms. The van der Waals surface area contributed by atoms with Crippen molar-refractivity contribution in [3.63, 3.8) is 0 Å². The highest BCUT2D eigenvalue weighted by molar-refractivity contribution is 5.76. The van der Waals surface area contributed by atoms with E-state index in [1.807, 2.05) is 11.0 Å². The molecular weight excluding hydrogens is 315 g/mol. The molecular formula is C21H25FN2O. The van der Waals surface area contributed by atoms with Crippen molar-refractivity contribution in [2.24, 2.45) is 0 Å². The molecule has 25 heavy (non-hydrogen) atoms. The fraction of sp³-hybridized carbons (Fsp3) is 0.381. The number of benzene rings is 2. The number of halogens is 1. The van der Waals surface area contributed by atoms with Crippen LogP contribution in [0.1, 0.15) is 30.4 Å². The molecule has 0 saturated carbocycles. The molecule has 1 saturated heterocycles. The molecule has 0 atom stereocenters. The van der Waals surface area contributed by atoms with Gasteiger partial charge >= 0.3 is 0 Å². The second kappa shape index (κ2) is 8.15. The minimum atomic E-state index is -0.228. The standard InChI is InChI=1S/C21H25FN2O/c1-16-5-7-17(8-6-16)9-10-21(25)24-13-11-19(12-14-24)23-20-4-2-3-18(22)15-20/h2-8,15,19,23H,9-14H2,1H3. The summed E-state index contributed by atoms with van der Waals surface area (Å²) >= 11 is 0. The summed E-state index contributed by atoms with van der Waals surface area (Å²) in [4.78, 5) is 14.4. The van der Waals surface area contributed by atoms with Crippen LogP contribution in [0, 0.1) is 12.7 Å². The predicted molar refractivity (Wildman–Crippen MR) is 99.1 cm³/mol. The predicted octanol–water partition coefficient (Wildman–Crippen LogP) is 4.17. The zero-order valence-electron chi connectivity index (χ0n) is 14.7. The van der Waals surface area contributed by atoms with Crippen LogP contribution in [0.3, 0.4) is 0 Å². The van der Waals surface area contributed by atoms with Crippen LogP contribution in [0.5, 0.6) is 0 Å². The third-order valence-corrected chi connectivity index (χ3v) is 4.79. The second-order valence-electron chi connectivity index (χ2n) is 6.80. The number of likely N-dealkylation sites (tertiary alicyclic amines) is 1. The number of hydrogen-bond donors (Lipinski definition) is 1. The Kier molecular flexibility index (Phi) is 5.69.